The van der Waals surface area contributed by atoms with Crippen molar-refractivity contribution in [2.45, 2.75) is 45.2 Å². The van der Waals surface area contributed by atoms with Crippen molar-refractivity contribution in [1.82, 2.24) is 4.90 Å². The summed E-state index contributed by atoms with van der Waals surface area (Å²) in [7, 11) is 1.33. The number of hydrogen-bond donors (Lipinski definition) is 0. The molecule has 0 saturated heterocycles. The third kappa shape index (κ3) is 2.64. The van der Waals surface area contributed by atoms with Crippen LogP contribution in [0.4, 0.5) is 0 Å². The van der Waals surface area contributed by atoms with Crippen LogP contribution in [-0.4, -0.2) is 36.0 Å². The molecule has 1 aliphatic carbocycles. The summed E-state index contributed by atoms with van der Waals surface area (Å²) in [5.74, 6) is 0.321. The first-order valence-electron chi connectivity index (χ1n) is 6.51. The van der Waals surface area contributed by atoms with Crippen molar-refractivity contribution in [2.24, 2.45) is 0 Å². The summed E-state index contributed by atoms with van der Waals surface area (Å²) in [5.41, 5.74) is 0. The van der Waals surface area contributed by atoms with E-state index in [1.54, 1.807) is 30.9 Å². The molecule has 104 valence electrons. The number of aryl methyl sites for hydroxylation is 1. The lowest BCUT2D eigenvalue weighted by molar-refractivity contribution is -0.146. The Labute approximate surface area is 112 Å². The minimum atomic E-state index is -0.590. The van der Waals surface area contributed by atoms with Crippen molar-refractivity contribution < 1.29 is 18.7 Å². The Hall–Kier alpha value is -1.78. The van der Waals surface area contributed by atoms with Crippen LogP contribution in [-0.2, 0) is 9.53 Å². The monoisotopic (exact) mass is 265 g/mol. The van der Waals surface area contributed by atoms with Gasteiger partial charge in [0.05, 0.1) is 7.11 Å². The van der Waals surface area contributed by atoms with Crippen LogP contribution in [0, 0.1) is 6.92 Å². The molecule has 0 unspecified atom stereocenters. The molecule has 1 amide bonds. The van der Waals surface area contributed by atoms with Crippen LogP contribution < -0.4 is 0 Å². The average Bonchev–Trinajstić information content (AvgIpc) is 2.77. The second-order valence-electron chi connectivity index (χ2n) is 4.91. The average molecular weight is 265 g/mol. The third-order valence-electron chi connectivity index (χ3n) is 3.61. The molecule has 1 aromatic heterocycles. The SMILES string of the molecule is COC(=O)[C@@H](C)N(C(=O)c1ccc(C)o1)C1CCC1. The Balaban J connectivity index is 2.22. The largest absolute Gasteiger partial charge is 0.467 e. The van der Waals surface area contributed by atoms with Crippen LogP contribution in [0.1, 0.15) is 42.5 Å². The van der Waals surface area contributed by atoms with Gasteiger partial charge < -0.3 is 14.1 Å². The van der Waals surface area contributed by atoms with E-state index >= 15 is 0 Å². The smallest absolute Gasteiger partial charge is 0.328 e. The molecule has 0 aliphatic heterocycles. The molecule has 0 bridgehead atoms. The normalized spacial score (nSPS) is 16.6. The second-order valence-corrected chi connectivity index (χ2v) is 4.91. The summed E-state index contributed by atoms with van der Waals surface area (Å²) in [6.45, 7) is 3.48. The Morgan fingerprint density at radius 1 is 1.42 bits per heavy atom. The van der Waals surface area contributed by atoms with E-state index < -0.39 is 12.0 Å². The molecule has 0 N–H and O–H groups in total. The molecule has 1 fully saturated rings. The molecule has 0 radical (unpaired) electrons. The summed E-state index contributed by atoms with van der Waals surface area (Å²) in [6, 6.07) is 2.91. The highest BCUT2D eigenvalue weighted by molar-refractivity contribution is 5.94. The van der Waals surface area contributed by atoms with Crippen molar-refractivity contribution in [3.63, 3.8) is 0 Å². The van der Waals surface area contributed by atoms with Crippen molar-refractivity contribution in [3.8, 4) is 0 Å². The number of nitrogens with zero attached hydrogens (tertiary/aromatic N) is 1. The maximum Gasteiger partial charge on any atom is 0.328 e. The van der Waals surface area contributed by atoms with Crippen molar-refractivity contribution in [2.75, 3.05) is 7.11 Å². The summed E-state index contributed by atoms with van der Waals surface area (Å²) in [6.07, 6.45) is 2.93. The van der Waals surface area contributed by atoms with Gasteiger partial charge in [-0.05, 0) is 45.2 Å². The van der Waals surface area contributed by atoms with Crippen LogP contribution in [0.2, 0.25) is 0 Å². The first-order valence-corrected chi connectivity index (χ1v) is 6.51. The van der Waals surface area contributed by atoms with Crippen LogP contribution in [0.15, 0.2) is 16.5 Å². The van der Waals surface area contributed by atoms with Gasteiger partial charge >= 0.3 is 5.97 Å². The van der Waals surface area contributed by atoms with Gasteiger partial charge in [0.25, 0.3) is 5.91 Å². The summed E-state index contributed by atoms with van der Waals surface area (Å²) in [5, 5.41) is 0. The number of carbonyl (C=O) groups is 2. The van der Waals surface area contributed by atoms with E-state index in [2.05, 4.69) is 0 Å². The van der Waals surface area contributed by atoms with Crippen LogP contribution >= 0.6 is 0 Å². The summed E-state index contributed by atoms with van der Waals surface area (Å²) >= 11 is 0. The lowest BCUT2D eigenvalue weighted by Crippen LogP contribution is -2.52. The Bertz CT molecular complexity index is 476. The van der Waals surface area contributed by atoms with Crippen LogP contribution in [0.3, 0.4) is 0 Å². The fourth-order valence-corrected chi connectivity index (χ4v) is 2.28. The molecule has 0 spiro atoms. The number of rotatable bonds is 4. The number of ether oxygens (including phenoxy) is 1. The predicted molar refractivity (Wildman–Crippen MR) is 68.7 cm³/mol. The van der Waals surface area contributed by atoms with E-state index in [1.165, 1.54) is 7.11 Å². The van der Waals surface area contributed by atoms with E-state index in [0.29, 0.717) is 5.76 Å². The molecule has 19 heavy (non-hydrogen) atoms. The molecule has 2 rings (SSSR count). The third-order valence-corrected chi connectivity index (χ3v) is 3.61. The molecular formula is C14H19NO4. The van der Waals surface area contributed by atoms with Gasteiger partial charge in [-0.25, -0.2) is 4.79 Å². The van der Waals surface area contributed by atoms with Gasteiger partial charge in [0, 0.05) is 6.04 Å². The quantitative estimate of drug-likeness (QED) is 0.783. The molecule has 1 saturated carbocycles. The fraction of sp³-hybridized carbons (Fsp3) is 0.571. The molecule has 1 heterocycles. The van der Waals surface area contributed by atoms with Crippen molar-refractivity contribution in [1.29, 1.82) is 0 Å². The van der Waals surface area contributed by atoms with Gasteiger partial charge in [0.15, 0.2) is 5.76 Å². The van der Waals surface area contributed by atoms with Gasteiger partial charge in [-0.3, -0.25) is 4.79 Å². The summed E-state index contributed by atoms with van der Waals surface area (Å²) < 4.78 is 10.1. The van der Waals surface area contributed by atoms with E-state index in [0.717, 1.165) is 19.3 Å². The highest BCUT2D eigenvalue weighted by Gasteiger charge is 2.37. The van der Waals surface area contributed by atoms with Gasteiger partial charge in [-0.15, -0.1) is 0 Å². The highest BCUT2D eigenvalue weighted by atomic mass is 16.5. The minimum Gasteiger partial charge on any atom is -0.467 e. The minimum absolute atomic E-state index is 0.104. The standard InChI is InChI=1S/C14H19NO4/c1-9-7-8-12(19-9)13(16)15(11-5-4-6-11)10(2)14(17)18-3/h7-8,10-11H,4-6H2,1-3H3/t10-/m1/s1. The van der Waals surface area contributed by atoms with Gasteiger partial charge in [-0.2, -0.15) is 0 Å². The van der Waals surface area contributed by atoms with E-state index in [9.17, 15) is 9.59 Å². The molecule has 5 nitrogen and oxygen atoms in total. The molecular weight excluding hydrogens is 246 g/mol. The van der Waals surface area contributed by atoms with Crippen LogP contribution in [0.5, 0.6) is 0 Å². The Morgan fingerprint density at radius 2 is 2.11 bits per heavy atom. The second kappa shape index (κ2) is 5.47. The fourth-order valence-electron chi connectivity index (χ4n) is 2.28. The van der Waals surface area contributed by atoms with E-state index in [-0.39, 0.29) is 17.7 Å². The van der Waals surface area contributed by atoms with Crippen molar-refractivity contribution >= 4 is 11.9 Å². The Kier molecular flexibility index (Phi) is 3.93. The predicted octanol–water partition coefficient (Wildman–Crippen LogP) is 2.14. The van der Waals surface area contributed by atoms with Crippen molar-refractivity contribution in [3.05, 3.63) is 23.7 Å². The molecule has 5 heteroatoms. The first kappa shape index (κ1) is 13.6. The maximum absolute atomic E-state index is 12.5. The number of carbonyl (C=O) groups excluding carboxylic acids is 2. The number of methoxy groups -OCH3 is 1. The van der Waals surface area contributed by atoms with Gasteiger partial charge in [0.2, 0.25) is 0 Å². The zero-order chi connectivity index (χ0) is 14.0. The number of amides is 1. The topological polar surface area (TPSA) is 59.8 Å². The zero-order valence-corrected chi connectivity index (χ0v) is 11.5. The van der Waals surface area contributed by atoms with Crippen LogP contribution in [0.25, 0.3) is 0 Å². The Morgan fingerprint density at radius 3 is 2.53 bits per heavy atom. The van der Waals surface area contributed by atoms with Gasteiger partial charge in [-0.1, -0.05) is 0 Å². The highest BCUT2D eigenvalue weighted by Crippen LogP contribution is 2.28. The lowest BCUT2D eigenvalue weighted by atomic mass is 9.90. The maximum atomic E-state index is 12.5. The molecule has 1 atom stereocenters. The number of esters is 1. The molecule has 0 aromatic carbocycles. The molecule has 1 aliphatic rings. The molecule has 1 aromatic rings. The van der Waals surface area contributed by atoms with Gasteiger partial charge in [0.1, 0.15) is 11.8 Å². The van der Waals surface area contributed by atoms with E-state index in [1.807, 2.05) is 0 Å². The lowest BCUT2D eigenvalue weighted by Gasteiger charge is -2.39. The number of furan rings is 1. The van der Waals surface area contributed by atoms with E-state index in [4.69, 9.17) is 9.15 Å². The first-order chi connectivity index (χ1) is 9.04. The summed E-state index contributed by atoms with van der Waals surface area (Å²) in [4.78, 5) is 25.8. The zero-order valence-electron chi connectivity index (χ0n) is 11.5. The number of hydrogen-bond acceptors (Lipinski definition) is 4.